The quantitative estimate of drug-likeness (QED) is 0.220. The molecule has 0 N–H and O–H groups in total. The number of aromatic nitrogens is 2. The molecule has 9 heteroatoms. The van der Waals surface area contributed by atoms with E-state index in [-0.39, 0.29) is 16.4 Å². The van der Waals surface area contributed by atoms with Gasteiger partial charge in [0.2, 0.25) is 11.6 Å². The van der Waals surface area contributed by atoms with Gasteiger partial charge in [0.25, 0.3) is 0 Å². The maximum atomic E-state index is 12.1. The molecule has 1 aliphatic rings. The maximum Gasteiger partial charge on any atom is 0.406 e. The van der Waals surface area contributed by atoms with E-state index in [1.165, 1.54) is 0 Å². The molecule has 186 valence electrons. The summed E-state index contributed by atoms with van der Waals surface area (Å²) in [6.45, 7) is 7.77. The van der Waals surface area contributed by atoms with Crippen LogP contribution in [-0.2, 0) is 19.5 Å². The van der Waals surface area contributed by atoms with Crippen LogP contribution in [0.25, 0.3) is 11.0 Å². The van der Waals surface area contributed by atoms with Crippen LogP contribution in [-0.4, -0.2) is 45.6 Å². The molecule has 1 fully saturated rings. The van der Waals surface area contributed by atoms with Gasteiger partial charge in [-0.2, -0.15) is 0 Å². The lowest BCUT2D eigenvalue weighted by Crippen LogP contribution is -2.47. The Morgan fingerprint density at radius 2 is 1.78 bits per heavy atom. The van der Waals surface area contributed by atoms with E-state index in [1.807, 2.05) is 66.9 Å². The van der Waals surface area contributed by atoms with Crippen LogP contribution in [0.15, 0.2) is 63.8 Å². The normalized spacial score (nSPS) is 14.4. The minimum atomic E-state index is -0.375. The number of anilines is 1. The van der Waals surface area contributed by atoms with Crippen molar-refractivity contribution in [2.75, 3.05) is 31.1 Å². The standard InChI is InChI=1S/C27H29N5O4/c1-3-24-28-26(32(34)35)27(31(24)17-20-7-5-4-6-8-20)30-13-11-29(12-14-30)18-21-16-25(33)36-23-15-19(2)9-10-22(21)23/h4-10,15-16H,3,11-14,17-18H2,1-2H3. The van der Waals surface area contributed by atoms with Gasteiger partial charge in [0, 0.05) is 50.6 Å². The van der Waals surface area contributed by atoms with Gasteiger partial charge in [0.1, 0.15) is 5.58 Å². The van der Waals surface area contributed by atoms with Crippen molar-refractivity contribution in [3.8, 4) is 0 Å². The number of hydrogen-bond donors (Lipinski definition) is 0. The zero-order valence-electron chi connectivity index (χ0n) is 20.5. The first kappa shape index (κ1) is 23.7. The highest BCUT2D eigenvalue weighted by atomic mass is 16.6. The van der Waals surface area contributed by atoms with Crippen LogP contribution in [0.1, 0.15) is 29.4 Å². The van der Waals surface area contributed by atoms with Crippen molar-refractivity contribution in [2.24, 2.45) is 0 Å². The number of rotatable bonds is 7. The Balaban J connectivity index is 1.39. The first-order valence-corrected chi connectivity index (χ1v) is 12.2. The van der Waals surface area contributed by atoms with Gasteiger partial charge in [0.15, 0.2) is 0 Å². The fourth-order valence-electron chi connectivity index (χ4n) is 4.94. The first-order chi connectivity index (χ1) is 17.4. The van der Waals surface area contributed by atoms with E-state index in [0.717, 1.165) is 22.1 Å². The summed E-state index contributed by atoms with van der Waals surface area (Å²) in [5, 5.41) is 12.9. The number of fused-ring (bicyclic) bond motifs is 1. The van der Waals surface area contributed by atoms with Crippen molar-refractivity contribution in [3.63, 3.8) is 0 Å². The minimum absolute atomic E-state index is 0.0849. The highest BCUT2D eigenvalue weighted by Crippen LogP contribution is 2.32. The molecular formula is C27H29N5O4. The van der Waals surface area contributed by atoms with Gasteiger partial charge in [-0.3, -0.25) is 9.47 Å². The second-order valence-corrected chi connectivity index (χ2v) is 9.21. The lowest BCUT2D eigenvalue weighted by Gasteiger charge is -2.35. The second-order valence-electron chi connectivity index (χ2n) is 9.21. The Hall–Kier alpha value is -3.98. The lowest BCUT2D eigenvalue weighted by atomic mass is 10.1. The number of aryl methyl sites for hydroxylation is 2. The second kappa shape index (κ2) is 9.94. The van der Waals surface area contributed by atoms with Crippen LogP contribution in [0, 0.1) is 17.0 Å². The van der Waals surface area contributed by atoms with Gasteiger partial charge in [-0.05, 0) is 39.6 Å². The SMILES string of the molecule is CCc1nc([N+](=O)[O-])c(N2CCN(Cc3cc(=O)oc4cc(C)ccc34)CC2)n1Cc1ccccc1. The van der Waals surface area contributed by atoms with E-state index < -0.39 is 0 Å². The van der Waals surface area contributed by atoms with Crippen molar-refractivity contribution in [2.45, 2.75) is 33.4 Å². The van der Waals surface area contributed by atoms with Crippen molar-refractivity contribution < 1.29 is 9.34 Å². The zero-order valence-corrected chi connectivity index (χ0v) is 20.5. The molecule has 2 aromatic heterocycles. The third-order valence-electron chi connectivity index (χ3n) is 6.73. The molecule has 1 saturated heterocycles. The van der Waals surface area contributed by atoms with Crippen molar-refractivity contribution in [1.29, 1.82) is 0 Å². The maximum absolute atomic E-state index is 12.1. The van der Waals surface area contributed by atoms with Crippen LogP contribution in [0.5, 0.6) is 0 Å². The average Bonchev–Trinajstić information content (AvgIpc) is 3.23. The molecule has 1 aliphatic heterocycles. The third kappa shape index (κ3) is 4.74. The van der Waals surface area contributed by atoms with Gasteiger partial charge in [0.05, 0.1) is 6.54 Å². The van der Waals surface area contributed by atoms with E-state index in [4.69, 9.17) is 4.42 Å². The van der Waals surface area contributed by atoms with Crippen LogP contribution >= 0.6 is 0 Å². The molecule has 3 heterocycles. The van der Waals surface area contributed by atoms with Crippen molar-refractivity contribution in [3.05, 3.63) is 97.6 Å². The predicted octanol–water partition coefficient (Wildman–Crippen LogP) is 4.14. The molecular weight excluding hydrogens is 458 g/mol. The summed E-state index contributed by atoms with van der Waals surface area (Å²) in [4.78, 5) is 32.5. The first-order valence-electron chi connectivity index (χ1n) is 12.2. The summed E-state index contributed by atoms with van der Waals surface area (Å²) in [6, 6.07) is 17.4. The number of piperazine rings is 1. The summed E-state index contributed by atoms with van der Waals surface area (Å²) >= 11 is 0. The van der Waals surface area contributed by atoms with E-state index >= 15 is 0 Å². The molecule has 9 nitrogen and oxygen atoms in total. The smallest absolute Gasteiger partial charge is 0.406 e. The Kier molecular flexibility index (Phi) is 6.56. The highest BCUT2D eigenvalue weighted by molar-refractivity contribution is 5.80. The molecule has 0 atom stereocenters. The summed E-state index contributed by atoms with van der Waals surface area (Å²) < 4.78 is 7.39. The van der Waals surface area contributed by atoms with Gasteiger partial charge in [-0.15, -0.1) is 0 Å². The molecule has 4 aromatic rings. The van der Waals surface area contributed by atoms with Crippen LogP contribution < -0.4 is 10.5 Å². The topological polar surface area (TPSA) is 97.7 Å². The molecule has 0 aliphatic carbocycles. The van der Waals surface area contributed by atoms with Gasteiger partial charge >= 0.3 is 11.4 Å². The molecule has 0 unspecified atom stereocenters. The van der Waals surface area contributed by atoms with E-state index in [9.17, 15) is 14.9 Å². The average molecular weight is 488 g/mol. The minimum Gasteiger partial charge on any atom is -0.423 e. The van der Waals surface area contributed by atoms with Crippen LogP contribution in [0.3, 0.4) is 0 Å². The Morgan fingerprint density at radius 3 is 2.47 bits per heavy atom. The molecule has 0 amide bonds. The van der Waals surface area contributed by atoms with E-state index in [1.54, 1.807) is 6.07 Å². The van der Waals surface area contributed by atoms with Gasteiger partial charge < -0.3 is 19.4 Å². The molecule has 5 rings (SSSR count). The lowest BCUT2D eigenvalue weighted by molar-refractivity contribution is -0.388. The summed E-state index contributed by atoms with van der Waals surface area (Å²) in [5.41, 5.74) is 3.29. The molecule has 0 radical (unpaired) electrons. The summed E-state index contributed by atoms with van der Waals surface area (Å²) in [7, 11) is 0. The number of benzene rings is 2. The Labute approximate surface area is 208 Å². The number of hydrogen-bond acceptors (Lipinski definition) is 7. The van der Waals surface area contributed by atoms with Crippen molar-refractivity contribution in [1.82, 2.24) is 14.5 Å². The predicted molar refractivity (Wildman–Crippen MR) is 139 cm³/mol. The van der Waals surface area contributed by atoms with E-state index in [2.05, 4.69) is 14.8 Å². The van der Waals surface area contributed by atoms with Crippen LogP contribution in [0.2, 0.25) is 0 Å². The molecule has 0 spiro atoms. The Bertz CT molecular complexity index is 1450. The number of nitrogens with zero attached hydrogens (tertiary/aromatic N) is 5. The number of nitro groups is 1. The highest BCUT2D eigenvalue weighted by Gasteiger charge is 2.32. The van der Waals surface area contributed by atoms with Crippen molar-refractivity contribution >= 4 is 22.6 Å². The largest absolute Gasteiger partial charge is 0.423 e. The van der Waals surface area contributed by atoms with E-state index in [0.29, 0.717) is 62.9 Å². The molecule has 36 heavy (non-hydrogen) atoms. The van der Waals surface area contributed by atoms with Gasteiger partial charge in [-0.25, -0.2) is 4.79 Å². The molecule has 0 bridgehead atoms. The van der Waals surface area contributed by atoms with Crippen LogP contribution in [0.4, 0.5) is 11.6 Å². The monoisotopic (exact) mass is 487 g/mol. The zero-order chi connectivity index (χ0) is 25.2. The number of imidazole rings is 1. The summed E-state index contributed by atoms with van der Waals surface area (Å²) in [5.74, 6) is 1.20. The molecule has 2 aromatic carbocycles. The summed E-state index contributed by atoms with van der Waals surface area (Å²) in [6.07, 6.45) is 0.608. The fraction of sp³-hybridized carbons (Fsp3) is 0.333. The Morgan fingerprint density at radius 1 is 1.03 bits per heavy atom. The molecule has 0 saturated carbocycles. The third-order valence-corrected chi connectivity index (χ3v) is 6.73. The van der Waals surface area contributed by atoms with Gasteiger partial charge in [-0.1, -0.05) is 49.4 Å². The fourth-order valence-corrected chi connectivity index (χ4v) is 4.94.